The van der Waals surface area contributed by atoms with Crippen LogP contribution in [0.5, 0.6) is 5.75 Å². The number of benzene rings is 1. The molecule has 0 radical (unpaired) electrons. The Morgan fingerprint density at radius 2 is 2.00 bits per heavy atom. The topological polar surface area (TPSA) is 84.0 Å². The van der Waals surface area contributed by atoms with Crippen molar-refractivity contribution < 1.29 is 23.5 Å². The summed E-state index contributed by atoms with van der Waals surface area (Å²) in [5.74, 6) is -0.529. The lowest BCUT2D eigenvalue weighted by molar-refractivity contribution is -0.00726. The van der Waals surface area contributed by atoms with Crippen molar-refractivity contribution >= 4 is 29.4 Å². The normalized spacial score (nSPS) is 13.7. The minimum atomic E-state index is -0.724. The Hall–Kier alpha value is -3.07. The van der Waals surface area contributed by atoms with Gasteiger partial charge in [-0.2, -0.15) is 0 Å². The number of pyridine rings is 1. The second-order valence-corrected chi connectivity index (χ2v) is 6.86. The Bertz CT molecular complexity index is 900. The fourth-order valence-corrected chi connectivity index (χ4v) is 3.12. The minimum Gasteiger partial charge on any atom is -0.486 e. The quantitative estimate of drug-likeness (QED) is 0.748. The van der Waals surface area contributed by atoms with Crippen LogP contribution in [0.25, 0.3) is 0 Å². The van der Waals surface area contributed by atoms with Gasteiger partial charge in [0, 0.05) is 25.4 Å². The minimum absolute atomic E-state index is 0.0625. The summed E-state index contributed by atoms with van der Waals surface area (Å²) < 4.78 is 25.0. The average Bonchev–Trinajstić information content (AvgIpc) is 2.75. The van der Waals surface area contributed by atoms with Gasteiger partial charge >= 0.3 is 12.1 Å². The maximum absolute atomic E-state index is 14.4. The maximum Gasteiger partial charge on any atom is 0.428 e. The van der Waals surface area contributed by atoms with Gasteiger partial charge in [0.25, 0.3) is 0 Å². The van der Waals surface area contributed by atoms with Crippen LogP contribution in [0.15, 0.2) is 36.5 Å². The molecule has 2 heterocycles. The summed E-state index contributed by atoms with van der Waals surface area (Å²) in [6, 6.07) is 7.08. The number of hydrogen-bond acceptors (Lipinski definition) is 5. The number of hydrogen-bond donors (Lipinski definition) is 1. The number of urea groups is 1. The van der Waals surface area contributed by atoms with Crippen molar-refractivity contribution in [3.05, 3.63) is 53.1 Å². The van der Waals surface area contributed by atoms with E-state index in [1.54, 1.807) is 25.3 Å². The van der Waals surface area contributed by atoms with Crippen LogP contribution in [0.2, 0.25) is 5.02 Å². The zero-order valence-corrected chi connectivity index (χ0v) is 17.2. The fourth-order valence-electron chi connectivity index (χ4n) is 2.91. The molecular weight excluding hydrogens is 415 g/mol. The van der Waals surface area contributed by atoms with Crippen molar-refractivity contribution in [2.24, 2.45) is 0 Å². The van der Waals surface area contributed by atoms with Crippen molar-refractivity contribution in [3.63, 3.8) is 0 Å². The van der Waals surface area contributed by atoms with Gasteiger partial charge in [-0.1, -0.05) is 17.7 Å². The maximum atomic E-state index is 14.4. The number of anilines is 1. The molecule has 2 aromatic rings. The summed E-state index contributed by atoms with van der Waals surface area (Å²) in [6.07, 6.45) is 2.46. The van der Waals surface area contributed by atoms with Crippen LogP contribution in [-0.2, 0) is 11.3 Å². The zero-order chi connectivity index (χ0) is 21.5. The van der Waals surface area contributed by atoms with Crippen LogP contribution in [0.1, 0.15) is 25.5 Å². The van der Waals surface area contributed by atoms with E-state index in [2.05, 4.69) is 10.3 Å². The number of carbonyl (C=O) groups excluding carboxylic acids is 2. The Balaban J connectivity index is 1.73. The van der Waals surface area contributed by atoms with Crippen molar-refractivity contribution in [3.8, 4) is 5.75 Å². The molecule has 30 heavy (non-hydrogen) atoms. The Morgan fingerprint density at radius 3 is 2.70 bits per heavy atom. The molecule has 0 bridgehead atoms. The molecule has 0 atom stereocenters. The van der Waals surface area contributed by atoms with Crippen molar-refractivity contribution in [2.75, 3.05) is 25.0 Å². The van der Waals surface area contributed by atoms with Crippen LogP contribution in [0.4, 0.5) is 19.7 Å². The first-order valence-electron chi connectivity index (χ1n) is 9.54. The third-order valence-corrected chi connectivity index (χ3v) is 4.65. The number of carbonyl (C=O) groups is 2. The molecule has 1 aromatic heterocycles. The number of aromatic nitrogens is 1. The summed E-state index contributed by atoms with van der Waals surface area (Å²) in [4.78, 5) is 29.0. The van der Waals surface area contributed by atoms with E-state index in [1.807, 2.05) is 6.07 Å². The van der Waals surface area contributed by atoms with E-state index in [0.29, 0.717) is 25.2 Å². The van der Waals surface area contributed by atoms with Gasteiger partial charge < -0.3 is 14.8 Å². The van der Waals surface area contributed by atoms with Crippen LogP contribution >= 0.6 is 11.6 Å². The second-order valence-electron chi connectivity index (χ2n) is 6.45. The molecule has 1 aliphatic heterocycles. The van der Waals surface area contributed by atoms with Gasteiger partial charge in [0.05, 0.1) is 23.0 Å². The molecule has 0 saturated carbocycles. The first kappa shape index (κ1) is 21.6. The van der Waals surface area contributed by atoms with E-state index in [9.17, 15) is 14.0 Å². The van der Waals surface area contributed by atoms with Gasteiger partial charge in [0.15, 0.2) is 0 Å². The number of nitrogens with one attached hydrogen (secondary N) is 1. The van der Waals surface area contributed by atoms with Crippen LogP contribution in [0.3, 0.4) is 0 Å². The van der Waals surface area contributed by atoms with Gasteiger partial charge in [-0.25, -0.2) is 24.0 Å². The third kappa shape index (κ3) is 5.29. The highest BCUT2D eigenvalue weighted by Crippen LogP contribution is 2.31. The highest BCUT2D eigenvalue weighted by Gasteiger charge is 2.30. The number of rotatable bonds is 5. The van der Waals surface area contributed by atoms with E-state index < -0.39 is 17.9 Å². The third-order valence-electron chi connectivity index (χ3n) is 4.36. The summed E-state index contributed by atoms with van der Waals surface area (Å²) in [5.41, 5.74) is 0.552. The molecule has 3 rings (SSSR count). The average molecular weight is 437 g/mol. The molecular formula is C20H22ClFN4O4. The number of nitrogens with zero attached hydrogens (tertiary/aromatic N) is 3. The Kier molecular flexibility index (Phi) is 7.29. The van der Waals surface area contributed by atoms with Crippen molar-refractivity contribution in [2.45, 2.75) is 26.4 Å². The molecule has 1 aromatic carbocycles. The number of amides is 3. The SMILES string of the molecule is CCOC(=O)N1CCCCN1C(=O)Nc1cc(OCc2ccccn2)c(Cl)cc1F. The number of ether oxygens (including phenoxy) is 2. The highest BCUT2D eigenvalue weighted by molar-refractivity contribution is 6.32. The van der Waals surface area contributed by atoms with E-state index in [-0.39, 0.29) is 29.7 Å². The lowest BCUT2D eigenvalue weighted by atomic mass is 10.2. The largest absolute Gasteiger partial charge is 0.486 e. The first-order chi connectivity index (χ1) is 14.5. The molecule has 8 nitrogen and oxygen atoms in total. The molecule has 1 fully saturated rings. The standard InChI is InChI=1S/C20H22ClFN4O4/c1-2-29-20(28)26-10-6-5-9-25(26)19(27)24-17-12-18(15(21)11-16(17)22)30-13-14-7-3-4-8-23-14/h3-4,7-8,11-12H,2,5-6,9-10,13H2,1H3,(H,24,27). The van der Waals surface area contributed by atoms with Gasteiger partial charge in [-0.05, 0) is 38.0 Å². The molecule has 0 unspecified atom stereocenters. The van der Waals surface area contributed by atoms with E-state index in [0.717, 1.165) is 12.5 Å². The summed E-state index contributed by atoms with van der Waals surface area (Å²) in [5, 5.41) is 4.97. The van der Waals surface area contributed by atoms with E-state index in [4.69, 9.17) is 21.1 Å². The molecule has 1 saturated heterocycles. The van der Waals surface area contributed by atoms with Gasteiger partial charge in [0.1, 0.15) is 18.2 Å². The number of halogens is 2. The number of hydrazine groups is 1. The van der Waals surface area contributed by atoms with Crippen molar-refractivity contribution in [1.82, 2.24) is 15.0 Å². The van der Waals surface area contributed by atoms with Gasteiger partial charge in [-0.15, -0.1) is 0 Å². The van der Waals surface area contributed by atoms with Crippen LogP contribution < -0.4 is 10.1 Å². The smallest absolute Gasteiger partial charge is 0.428 e. The van der Waals surface area contributed by atoms with Crippen LogP contribution in [-0.4, -0.2) is 46.8 Å². The lowest BCUT2D eigenvalue weighted by Gasteiger charge is -2.37. The Morgan fingerprint density at radius 1 is 1.23 bits per heavy atom. The van der Waals surface area contributed by atoms with Crippen LogP contribution in [0, 0.1) is 5.82 Å². The Labute approximate surface area is 178 Å². The summed E-state index contributed by atoms with van der Waals surface area (Å²) in [7, 11) is 0. The molecule has 10 heteroatoms. The van der Waals surface area contributed by atoms with E-state index in [1.165, 1.54) is 16.1 Å². The molecule has 3 amide bonds. The predicted octanol–water partition coefficient (Wildman–Crippen LogP) is 4.45. The monoisotopic (exact) mass is 436 g/mol. The fraction of sp³-hybridized carbons (Fsp3) is 0.350. The molecule has 160 valence electrons. The molecule has 1 N–H and O–H groups in total. The molecule has 0 aliphatic carbocycles. The zero-order valence-electron chi connectivity index (χ0n) is 16.4. The van der Waals surface area contributed by atoms with E-state index >= 15 is 0 Å². The highest BCUT2D eigenvalue weighted by atomic mass is 35.5. The second kappa shape index (κ2) is 10.1. The summed E-state index contributed by atoms with van der Waals surface area (Å²) in [6.45, 7) is 2.65. The van der Waals surface area contributed by atoms with Gasteiger partial charge in [0.2, 0.25) is 0 Å². The molecule has 1 aliphatic rings. The molecule has 0 spiro atoms. The summed E-state index contributed by atoms with van der Waals surface area (Å²) >= 11 is 6.07. The predicted molar refractivity (Wildman–Crippen MR) is 109 cm³/mol. The lowest BCUT2D eigenvalue weighted by Crippen LogP contribution is -2.54. The first-order valence-corrected chi connectivity index (χ1v) is 9.92. The van der Waals surface area contributed by atoms with Crippen molar-refractivity contribution in [1.29, 1.82) is 0 Å². The van der Waals surface area contributed by atoms with Gasteiger partial charge in [-0.3, -0.25) is 4.98 Å².